The number of aliphatic imine (C=N–C) groups is 1. The van der Waals surface area contributed by atoms with Crippen LogP contribution in [0.25, 0.3) is 0 Å². The van der Waals surface area contributed by atoms with Gasteiger partial charge in [-0.3, -0.25) is 4.79 Å². The molecule has 0 aliphatic carbocycles. The van der Waals surface area contributed by atoms with Crippen LogP contribution in [0.4, 0.5) is 0 Å². The minimum Gasteiger partial charge on any atom is -0.481 e. The summed E-state index contributed by atoms with van der Waals surface area (Å²) in [5.74, 6) is -0.289. The quantitative estimate of drug-likeness (QED) is 0.890. The number of rotatable bonds is 3. The van der Waals surface area contributed by atoms with Crippen molar-refractivity contribution in [2.75, 3.05) is 6.61 Å². The van der Waals surface area contributed by atoms with Gasteiger partial charge in [0.2, 0.25) is 5.90 Å². The van der Waals surface area contributed by atoms with Gasteiger partial charge in [-0.1, -0.05) is 12.1 Å². The Morgan fingerprint density at radius 2 is 2.22 bits per heavy atom. The van der Waals surface area contributed by atoms with E-state index >= 15 is 0 Å². The van der Waals surface area contributed by atoms with E-state index in [1.165, 1.54) is 0 Å². The van der Waals surface area contributed by atoms with Crippen LogP contribution < -0.4 is 0 Å². The van der Waals surface area contributed by atoms with Crippen molar-refractivity contribution in [3.05, 3.63) is 34.9 Å². The Hall–Kier alpha value is -1.84. The first kappa shape index (κ1) is 12.6. The molecule has 0 saturated carbocycles. The van der Waals surface area contributed by atoms with Gasteiger partial charge >= 0.3 is 5.97 Å². The van der Waals surface area contributed by atoms with Crippen molar-refractivity contribution in [1.82, 2.24) is 0 Å². The number of carboxylic acids is 1. The molecule has 96 valence electrons. The average Bonchev–Trinajstić information content (AvgIpc) is 2.61. The van der Waals surface area contributed by atoms with Crippen molar-refractivity contribution in [3.63, 3.8) is 0 Å². The van der Waals surface area contributed by atoms with Gasteiger partial charge in [0.15, 0.2) is 0 Å². The van der Waals surface area contributed by atoms with Gasteiger partial charge in [0.1, 0.15) is 6.61 Å². The van der Waals surface area contributed by atoms with Crippen molar-refractivity contribution >= 4 is 11.9 Å². The first-order valence-electron chi connectivity index (χ1n) is 5.92. The second-order valence-electron chi connectivity index (χ2n) is 5.19. The zero-order chi connectivity index (χ0) is 13.3. The van der Waals surface area contributed by atoms with Gasteiger partial charge in [0.05, 0.1) is 12.0 Å². The Labute approximate surface area is 106 Å². The SMILES string of the molecule is Cc1cccc(C2=NC(C)(C)CO2)c1CC(=O)O. The molecule has 0 atom stereocenters. The van der Waals surface area contributed by atoms with Crippen molar-refractivity contribution in [2.24, 2.45) is 4.99 Å². The number of nitrogens with zero attached hydrogens (tertiary/aromatic N) is 1. The third-order valence-electron chi connectivity index (χ3n) is 2.93. The summed E-state index contributed by atoms with van der Waals surface area (Å²) in [6.45, 7) is 6.42. The number of aliphatic carboxylic acids is 1. The van der Waals surface area contributed by atoms with E-state index in [-0.39, 0.29) is 12.0 Å². The number of carbonyl (C=O) groups is 1. The minimum absolute atomic E-state index is 0.00911. The molecular weight excluding hydrogens is 230 g/mol. The monoisotopic (exact) mass is 247 g/mol. The molecule has 4 nitrogen and oxygen atoms in total. The lowest BCUT2D eigenvalue weighted by molar-refractivity contribution is -0.136. The van der Waals surface area contributed by atoms with E-state index in [1.54, 1.807) is 0 Å². The number of benzene rings is 1. The first-order valence-corrected chi connectivity index (χ1v) is 5.92. The van der Waals surface area contributed by atoms with Crippen LogP contribution in [0.3, 0.4) is 0 Å². The Morgan fingerprint density at radius 3 is 2.78 bits per heavy atom. The minimum atomic E-state index is -0.844. The molecule has 1 aliphatic rings. The molecule has 2 rings (SSSR count). The molecule has 0 unspecified atom stereocenters. The molecular formula is C14H17NO3. The second-order valence-corrected chi connectivity index (χ2v) is 5.19. The molecule has 0 amide bonds. The topological polar surface area (TPSA) is 58.9 Å². The van der Waals surface area contributed by atoms with Crippen LogP contribution in [0, 0.1) is 6.92 Å². The van der Waals surface area contributed by atoms with Crippen LogP contribution in [0.2, 0.25) is 0 Å². The van der Waals surface area contributed by atoms with Crippen LogP contribution in [-0.4, -0.2) is 29.1 Å². The summed E-state index contributed by atoms with van der Waals surface area (Å²) in [6, 6.07) is 5.67. The molecule has 1 aliphatic heterocycles. The molecule has 1 N–H and O–H groups in total. The van der Waals surface area contributed by atoms with Crippen LogP contribution in [-0.2, 0) is 16.0 Å². The number of hydrogen-bond donors (Lipinski definition) is 1. The van der Waals surface area contributed by atoms with Gasteiger partial charge in [-0.15, -0.1) is 0 Å². The Bertz CT molecular complexity index is 518. The highest BCUT2D eigenvalue weighted by atomic mass is 16.5. The summed E-state index contributed by atoms with van der Waals surface area (Å²) in [4.78, 5) is 15.4. The van der Waals surface area contributed by atoms with Gasteiger partial charge in [-0.2, -0.15) is 0 Å². The average molecular weight is 247 g/mol. The second kappa shape index (κ2) is 4.44. The molecule has 18 heavy (non-hydrogen) atoms. The Kier molecular flexibility index (Phi) is 3.11. The lowest BCUT2D eigenvalue weighted by atomic mass is 9.99. The highest BCUT2D eigenvalue weighted by Gasteiger charge is 2.28. The molecule has 0 aromatic heterocycles. The number of carboxylic acid groups (broad SMARTS) is 1. The smallest absolute Gasteiger partial charge is 0.307 e. The fourth-order valence-electron chi connectivity index (χ4n) is 2.01. The third-order valence-corrected chi connectivity index (χ3v) is 2.93. The lowest BCUT2D eigenvalue weighted by Crippen LogP contribution is -2.17. The predicted molar refractivity (Wildman–Crippen MR) is 69.1 cm³/mol. The molecule has 4 heteroatoms. The summed E-state index contributed by atoms with van der Waals surface area (Å²) >= 11 is 0. The fraction of sp³-hybridized carbons (Fsp3) is 0.429. The van der Waals surface area contributed by atoms with Gasteiger partial charge in [-0.25, -0.2) is 4.99 Å². The summed E-state index contributed by atoms with van der Waals surface area (Å²) in [5, 5.41) is 8.98. The number of hydrogen-bond acceptors (Lipinski definition) is 3. The summed E-state index contributed by atoms with van der Waals surface area (Å²) < 4.78 is 5.59. The van der Waals surface area contributed by atoms with E-state index in [2.05, 4.69) is 4.99 Å². The molecule has 0 spiro atoms. The van der Waals surface area contributed by atoms with E-state index in [0.29, 0.717) is 12.5 Å². The van der Waals surface area contributed by atoms with Crippen LogP contribution >= 0.6 is 0 Å². The summed E-state index contributed by atoms with van der Waals surface area (Å²) in [6.07, 6.45) is -0.00911. The van der Waals surface area contributed by atoms with Gasteiger partial charge < -0.3 is 9.84 Å². The van der Waals surface area contributed by atoms with Crippen molar-refractivity contribution in [3.8, 4) is 0 Å². The third kappa shape index (κ3) is 2.53. The van der Waals surface area contributed by atoms with Crippen molar-refractivity contribution in [1.29, 1.82) is 0 Å². The number of aryl methyl sites for hydroxylation is 1. The molecule has 0 radical (unpaired) electrons. The zero-order valence-electron chi connectivity index (χ0n) is 10.9. The summed E-state index contributed by atoms with van der Waals surface area (Å²) in [5.41, 5.74) is 2.29. The molecule has 0 bridgehead atoms. The zero-order valence-corrected chi connectivity index (χ0v) is 10.9. The van der Waals surface area contributed by atoms with E-state index in [9.17, 15) is 4.79 Å². The van der Waals surface area contributed by atoms with Gasteiger partial charge in [0.25, 0.3) is 0 Å². The predicted octanol–water partition coefficient (Wildman–Crippen LogP) is 2.18. The maximum absolute atomic E-state index is 10.9. The van der Waals surface area contributed by atoms with Crippen LogP contribution in [0.1, 0.15) is 30.5 Å². The molecule has 0 fully saturated rings. The van der Waals surface area contributed by atoms with E-state index in [0.717, 1.165) is 16.7 Å². The first-order chi connectivity index (χ1) is 8.39. The van der Waals surface area contributed by atoms with E-state index in [1.807, 2.05) is 39.0 Å². The van der Waals surface area contributed by atoms with Crippen LogP contribution in [0.15, 0.2) is 23.2 Å². The van der Waals surface area contributed by atoms with Crippen LogP contribution in [0.5, 0.6) is 0 Å². The highest BCUT2D eigenvalue weighted by molar-refractivity contribution is 5.98. The van der Waals surface area contributed by atoms with Crippen molar-refractivity contribution < 1.29 is 14.6 Å². The Morgan fingerprint density at radius 1 is 1.50 bits per heavy atom. The molecule has 1 aromatic carbocycles. The molecule has 1 heterocycles. The van der Waals surface area contributed by atoms with Gasteiger partial charge in [0, 0.05) is 5.56 Å². The summed E-state index contributed by atoms with van der Waals surface area (Å²) in [7, 11) is 0. The normalized spacial score (nSPS) is 17.2. The lowest BCUT2D eigenvalue weighted by Gasteiger charge is -2.10. The van der Waals surface area contributed by atoms with Gasteiger partial charge in [-0.05, 0) is 38.0 Å². The van der Waals surface area contributed by atoms with Crippen molar-refractivity contribution in [2.45, 2.75) is 32.7 Å². The fourth-order valence-corrected chi connectivity index (χ4v) is 2.01. The standard InChI is InChI=1S/C14H17NO3/c1-9-5-4-6-10(11(9)7-12(16)17)13-15-14(2,3)8-18-13/h4-6H,7-8H2,1-3H3,(H,16,17). The van der Waals surface area contributed by atoms with E-state index < -0.39 is 5.97 Å². The molecule has 1 aromatic rings. The largest absolute Gasteiger partial charge is 0.481 e. The maximum Gasteiger partial charge on any atom is 0.307 e. The highest BCUT2D eigenvalue weighted by Crippen LogP contribution is 2.24. The molecule has 0 saturated heterocycles. The maximum atomic E-state index is 10.9. The Balaban J connectivity index is 2.45. The number of ether oxygens (including phenoxy) is 1. The van der Waals surface area contributed by atoms with E-state index in [4.69, 9.17) is 9.84 Å².